The van der Waals surface area contributed by atoms with E-state index in [2.05, 4.69) is 138 Å². The number of hydrogen-bond donors (Lipinski definition) is 0. The molecule has 0 nitrogen and oxygen atoms in total. The summed E-state index contributed by atoms with van der Waals surface area (Å²) in [5.74, 6) is 5.90. The molecule has 0 heterocycles. The second-order valence-corrected chi connectivity index (χ2v) is 22.6. The molecular formula is C43H76. The van der Waals surface area contributed by atoms with E-state index < -0.39 is 0 Å². The van der Waals surface area contributed by atoms with Crippen molar-refractivity contribution in [3.63, 3.8) is 0 Å². The summed E-state index contributed by atoms with van der Waals surface area (Å²) in [5, 5.41) is 0. The van der Waals surface area contributed by atoms with Crippen LogP contribution in [0.1, 0.15) is 164 Å². The Morgan fingerprint density at radius 2 is 1.09 bits per heavy atom. The second kappa shape index (κ2) is 7.99. The Hall–Kier alpha value is 0. The smallest absolute Gasteiger partial charge is 0.0162 e. The van der Waals surface area contributed by atoms with Gasteiger partial charge in [0.05, 0.1) is 0 Å². The van der Waals surface area contributed by atoms with Crippen LogP contribution in [-0.2, 0) is 0 Å². The molecule has 0 amide bonds. The molecule has 0 unspecified atom stereocenters. The maximum Gasteiger partial charge on any atom is -0.0162 e. The summed E-state index contributed by atoms with van der Waals surface area (Å²) in [4.78, 5) is 0. The SMILES string of the molecule is CC(C)C(C)(C)[C@](C)([C@H](C)[C@H]1[C@@H](C)[C@@]2(C)C(C)(C)[C@]12C)[C@@H](C)[C@H](C)C(C)(C)[C@@H](C)[C@H](C)C12CC1(C13CC1(C(C)(C)C)C3)C2. The third kappa shape index (κ3) is 2.99. The predicted molar refractivity (Wildman–Crippen MR) is 187 cm³/mol. The summed E-state index contributed by atoms with van der Waals surface area (Å²) < 4.78 is 0. The zero-order valence-corrected chi connectivity index (χ0v) is 32.9. The van der Waals surface area contributed by atoms with Crippen LogP contribution in [0.4, 0.5) is 0 Å². The quantitative estimate of drug-likeness (QED) is 0.224. The molecule has 6 fully saturated rings. The normalized spacial score (nSPS) is 50.2. The zero-order chi connectivity index (χ0) is 32.9. The molecule has 0 aromatic rings. The first kappa shape index (κ1) is 32.9. The van der Waals surface area contributed by atoms with Gasteiger partial charge in [0.2, 0.25) is 0 Å². The molecule has 0 aromatic heterocycles. The van der Waals surface area contributed by atoms with Gasteiger partial charge in [0, 0.05) is 0 Å². The lowest BCUT2D eigenvalue weighted by atomic mass is 9.41. The van der Waals surface area contributed by atoms with E-state index in [1.54, 1.807) is 25.7 Å². The Morgan fingerprint density at radius 3 is 1.47 bits per heavy atom. The minimum absolute atomic E-state index is 0.261. The number of hydrogen-bond acceptors (Lipinski definition) is 0. The van der Waals surface area contributed by atoms with E-state index in [0.717, 1.165) is 34.5 Å². The molecule has 0 saturated heterocycles. The molecule has 0 N–H and O–H groups in total. The Balaban J connectivity index is 1.25. The van der Waals surface area contributed by atoms with E-state index in [4.69, 9.17) is 0 Å². The van der Waals surface area contributed by atoms with Crippen LogP contribution in [-0.4, -0.2) is 0 Å². The van der Waals surface area contributed by atoms with Crippen molar-refractivity contribution in [2.45, 2.75) is 164 Å². The summed E-state index contributed by atoms with van der Waals surface area (Å²) in [7, 11) is 0. The fraction of sp³-hybridized carbons (Fsp3) is 1.00. The molecule has 10 atom stereocenters. The predicted octanol–water partition coefficient (Wildman–Crippen LogP) is 12.8. The van der Waals surface area contributed by atoms with Gasteiger partial charge in [-0.15, -0.1) is 0 Å². The van der Waals surface area contributed by atoms with Crippen molar-refractivity contribution in [2.75, 3.05) is 0 Å². The molecule has 0 aromatic carbocycles. The lowest BCUT2D eigenvalue weighted by Gasteiger charge is -2.63. The van der Waals surface area contributed by atoms with Crippen LogP contribution >= 0.6 is 0 Å². The van der Waals surface area contributed by atoms with E-state index in [-0.39, 0.29) is 10.8 Å². The van der Waals surface area contributed by atoms with Crippen molar-refractivity contribution in [1.82, 2.24) is 0 Å². The third-order valence-corrected chi connectivity index (χ3v) is 21.9. The van der Waals surface area contributed by atoms with Gasteiger partial charge in [0.1, 0.15) is 0 Å². The van der Waals surface area contributed by atoms with Crippen molar-refractivity contribution in [3.05, 3.63) is 0 Å². The van der Waals surface area contributed by atoms with Gasteiger partial charge in [0.25, 0.3) is 0 Å². The average molecular weight is 593 g/mol. The highest BCUT2D eigenvalue weighted by Crippen LogP contribution is 3.11. The van der Waals surface area contributed by atoms with Crippen molar-refractivity contribution in [1.29, 1.82) is 0 Å². The zero-order valence-electron chi connectivity index (χ0n) is 32.9. The first-order valence-electron chi connectivity index (χ1n) is 19.1. The molecule has 0 heteroatoms. The Labute approximate surface area is 270 Å². The molecule has 43 heavy (non-hydrogen) atoms. The van der Waals surface area contributed by atoms with E-state index in [0.29, 0.717) is 61.6 Å². The van der Waals surface area contributed by atoms with E-state index in [9.17, 15) is 0 Å². The molecule has 6 rings (SSSR count). The van der Waals surface area contributed by atoms with Crippen molar-refractivity contribution in [3.8, 4) is 0 Å². The van der Waals surface area contributed by atoms with Crippen LogP contribution in [0.5, 0.6) is 0 Å². The van der Waals surface area contributed by atoms with Crippen molar-refractivity contribution >= 4 is 0 Å². The summed E-state index contributed by atoms with van der Waals surface area (Å²) in [6, 6.07) is 0. The monoisotopic (exact) mass is 593 g/mol. The van der Waals surface area contributed by atoms with Crippen molar-refractivity contribution in [2.24, 2.45) is 107 Å². The van der Waals surface area contributed by atoms with Gasteiger partial charge in [0.15, 0.2) is 0 Å². The second-order valence-electron chi connectivity index (χ2n) is 22.6. The average Bonchev–Trinajstić information content (AvgIpc) is 3.73. The maximum atomic E-state index is 2.76. The minimum Gasteiger partial charge on any atom is -0.0622 e. The van der Waals surface area contributed by atoms with E-state index >= 15 is 0 Å². The molecule has 0 spiro atoms. The Morgan fingerprint density at radius 1 is 0.605 bits per heavy atom. The summed E-state index contributed by atoms with van der Waals surface area (Å²) in [6.07, 6.45) is 6.23. The third-order valence-electron chi connectivity index (χ3n) is 21.9. The Kier molecular flexibility index (Phi) is 6.12. The van der Waals surface area contributed by atoms with Crippen LogP contribution in [0.15, 0.2) is 0 Å². The molecule has 6 saturated carbocycles. The fourth-order valence-corrected chi connectivity index (χ4v) is 15.7. The minimum atomic E-state index is 0.261. The highest BCUT2D eigenvalue weighted by atomic mass is 15.1. The van der Waals surface area contributed by atoms with Gasteiger partial charge in [-0.1, -0.05) is 138 Å². The lowest BCUT2D eigenvalue weighted by Crippen LogP contribution is -2.58. The van der Waals surface area contributed by atoms with Gasteiger partial charge < -0.3 is 0 Å². The number of rotatable bonds is 11. The first-order valence-corrected chi connectivity index (χ1v) is 19.1. The molecule has 248 valence electrons. The summed E-state index contributed by atoms with van der Waals surface area (Å²) in [6.45, 7) is 52.6. The van der Waals surface area contributed by atoms with Crippen LogP contribution in [0, 0.1) is 107 Å². The van der Waals surface area contributed by atoms with Gasteiger partial charge in [-0.25, -0.2) is 0 Å². The van der Waals surface area contributed by atoms with Gasteiger partial charge in [-0.2, -0.15) is 0 Å². The Bertz CT molecular complexity index is 1190. The van der Waals surface area contributed by atoms with Crippen LogP contribution < -0.4 is 0 Å². The van der Waals surface area contributed by atoms with Gasteiger partial charge in [-0.3, -0.25) is 0 Å². The molecule has 6 aliphatic carbocycles. The summed E-state index contributed by atoms with van der Waals surface area (Å²) >= 11 is 0. The molecule has 0 aliphatic heterocycles. The standard InChI is InChI=1S/C43H76/c1-25(2)35(14,15)37(18,30(7)32-31(8)38(19)36(16,17)39(32,38)20)28(5)26(3)34(12,13)27(4)29(6)40-21-42(40,22-40)43-23-41(43,24-43)33(9,10)11/h25-32H,21-24H2,1-20H3/t26-,27-,28-,29-,30+,31+,32-,37-,38-,39-,40?,41?,42?,43?/m0/s1. The maximum absolute atomic E-state index is 2.76. The van der Waals surface area contributed by atoms with Crippen molar-refractivity contribution < 1.29 is 0 Å². The van der Waals surface area contributed by atoms with Crippen LogP contribution in [0.25, 0.3) is 0 Å². The van der Waals surface area contributed by atoms with Gasteiger partial charge >= 0.3 is 0 Å². The number of fused-ring (bicyclic) bond motifs is 4. The summed E-state index contributed by atoms with van der Waals surface area (Å²) in [5.41, 5.74) is 5.66. The molecular weight excluding hydrogens is 516 g/mol. The topological polar surface area (TPSA) is 0 Å². The highest BCUT2D eigenvalue weighted by molar-refractivity contribution is 5.52. The van der Waals surface area contributed by atoms with Crippen LogP contribution in [0.2, 0.25) is 0 Å². The largest absolute Gasteiger partial charge is 0.0622 e. The fourth-order valence-electron chi connectivity index (χ4n) is 15.7. The molecule has 0 radical (unpaired) electrons. The van der Waals surface area contributed by atoms with E-state index in [1.165, 1.54) is 0 Å². The van der Waals surface area contributed by atoms with E-state index in [1.807, 2.05) is 0 Å². The van der Waals surface area contributed by atoms with Gasteiger partial charge in [-0.05, 0) is 133 Å². The van der Waals surface area contributed by atoms with Crippen LogP contribution in [0.3, 0.4) is 0 Å². The highest BCUT2D eigenvalue weighted by Gasteiger charge is 3.04. The molecule has 0 bridgehead atoms. The lowest BCUT2D eigenvalue weighted by molar-refractivity contribution is -0.158. The molecule has 6 aliphatic rings. The first-order chi connectivity index (χ1) is 19.1.